The largest absolute Gasteiger partial charge is 0.431 e. The van der Waals surface area contributed by atoms with Gasteiger partial charge in [0.15, 0.2) is 5.82 Å². The van der Waals surface area contributed by atoms with Crippen molar-refractivity contribution >= 4 is 33.5 Å². The average molecular weight is 432 g/mol. The number of hydrogen-bond donors (Lipinski definition) is 0. The van der Waals surface area contributed by atoms with Gasteiger partial charge < -0.3 is 4.74 Å². The number of pyridine rings is 1. The van der Waals surface area contributed by atoms with Crippen molar-refractivity contribution in [1.29, 1.82) is 0 Å². The molecule has 0 saturated carbocycles. The molecule has 0 aliphatic heterocycles. The average Bonchev–Trinajstić information content (AvgIpc) is 3.18. The van der Waals surface area contributed by atoms with Crippen LogP contribution >= 0.6 is 11.3 Å². The first-order valence-corrected chi connectivity index (χ1v) is 10.6. The van der Waals surface area contributed by atoms with Crippen LogP contribution in [0.3, 0.4) is 0 Å². The van der Waals surface area contributed by atoms with E-state index in [0.717, 1.165) is 47.0 Å². The number of thiophene rings is 1. The molecule has 1 aromatic carbocycles. The minimum absolute atomic E-state index is 0.0255. The number of aldehydes is 1. The molecule has 0 atom stereocenters. The standard InChI is InChI=1S/C22H16N4O4S/c27-12-13-7-8-16(26(28)29)17(10-13)30-21-19-15-5-1-2-6-18(15)31-22(19)25-20(24-21)14-4-3-9-23-11-14/h3-4,7-12H,1-2,5-6H2. The summed E-state index contributed by atoms with van der Waals surface area (Å²) in [6, 6.07) is 7.66. The number of hydrogen-bond acceptors (Lipinski definition) is 8. The van der Waals surface area contributed by atoms with Gasteiger partial charge >= 0.3 is 5.69 Å². The third kappa shape index (κ3) is 3.53. The summed E-state index contributed by atoms with van der Waals surface area (Å²) < 4.78 is 6.05. The minimum Gasteiger partial charge on any atom is -0.431 e. The number of benzene rings is 1. The van der Waals surface area contributed by atoms with Crippen molar-refractivity contribution in [2.45, 2.75) is 25.7 Å². The number of carbonyl (C=O) groups excluding carboxylic acids is 1. The molecule has 9 heteroatoms. The molecule has 4 aromatic rings. The van der Waals surface area contributed by atoms with Crippen LogP contribution < -0.4 is 4.74 Å². The van der Waals surface area contributed by atoms with Crippen LogP contribution in [-0.2, 0) is 12.8 Å². The minimum atomic E-state index is -0.534. The van der Waals surface area contributed by atoms with Gasteiger partial charge in [-0.05, 0) is 55.5 Å². The van der Waals surface area contributed by atoms with E-state index < -0.39 is 4.92 Å². The Morgan fingerprint density at radius 3 is 2.81 bits per heavy atom. The Bertz CT molecular complexity index is 1320. The smallest absolute Gasteiger partial charge is 0.311 e. The summed E-state index contributed by atoms with van der Waals surface area (Å²) in [4.78, 5) is 37.8. The molecule has 0 fully saturated rings. The first-order chi connectivity index (χ1) is 15.1. The molecule has 0 unspecified atom stereocenters. The van der Waals surface area contributed by atoms with Gasteiger partial charge in [0.1, 0.15) is 11.1 Å². The number of rotatable bonds is 5. The molecule has 5 rings (SSSR count). The fourth-order valence-corrected chi connectivity index (χ4v) is 5.01. The van der Waals surface area contributed by atoms with E-state index in [4.69, 9.17) is 9.72 Å². The van der Waals surface area contributed by atoms with Crippen molar-refractivity contribution < 1.29 is 14.5 Å². The number of ether oxygens (including phenoxy) is 1. The number of aromatic nitrogens is 3. The number of nitro benzene ring substituents is 1. The lowest BCUT2D eigenvalue weighted by Crippen LogP contribution is -2.01. The zero-order valence-electron chi connectivity index (χ0n) is 16.3. The van der Waals surface area contributed by atoms with E-state index in [1.165, 1.54) is 23.1 Å². The van der Waals surface area contributed by atoms with Crippen molar-refractivity contribution in [1.82, 2.24) is 15.0 Å². The fraction of sp³-hybridized carbons (Fsp3) is 0.182. The van der Waals surface area contributed by atoms with Crippen LogP contribution in [0.2, 0.25) is 0 Å². The molecular formula is C22H16N4O4S. The van der Waals surface area contributed by atoms with Crippen LogP contribution in [-0.4, -0.2) is 26.2 Å². The Morgan fingerprint density at radius 2 is 2.03 bits per heavy atom. The van der Waals surface area contributed by atoms with Gasteiger partial charge in [-0.15, -0.1) is 11.3 Å². The monoisotopic (exact) mass is 432 g/mol. The second kappa shape index (κ2) is 7.84. The summed E-state index contributed by atoms with van der Waals surface area (Å²) in [6.07, 6.45) is 7.98. The maximum Gasteiger partial charge on any atom is 0.311 e. The summed E-state index contributed by atoms with van der Waals surface area (Å²) in [6.45, 7) is 0. The van der Waals surface area contributed by atoms with Crippen LogP contribution in [0, 0.1) is 10.1 Å². The van der Waals surface area contributed by atoms with Crippen molar-refractivity contribution in [2.75, 3.05) is 0 Å². The molecule has 8 nitrogen and oxygen atoms in total. The van der Waals surface area contributed by atoms with Gasteiger partial charge in [-0.1, -0.05) is 0 Å². The Labute approximate surface area is 180 Å². The zero-order valence-corrected chi connectivity index (χ0v) is 17.1. The third-order valence-corrected chi connectivity index (χ3v) is 6.41. The number of nitrogens with zero attached hydrogens (tertiary/aromatic N) is 4. The quantitative estimate of drug-likeness (QED) is 0.244. The molecule has 0 amide bonds. The van der Waals surface area contributed by atoms with Crippen LogP contribution in [0.25, 0.3) is 21.6 Å². The molecule has 0 radical (unpaired) electrons. The molecule has 31 heavy (non-hydrogen) atoms. The molecule has 0 N–H and O–H groups in total. The predicted octanol–water partition coefficient (Wildman–Crippen LogP) is 5.15. The van der Waals surface area contributed by atoms with Gasteiger partial charge in [0.2, 0.25) is 11.6 Å². The molecule has 0 saturated heterocycles. The van der Waals surface area contributed by atoms with E-state index in [-0.39, 0.29) is 22.9 Å². The first kappa shape index (κ1) is 19.3. The molecule has 0 spiro atoms. The second-order valence-corrected chi connectivity index (χ2v) is 8.27. The van der Waals surface area contributed by atoms with Gasteiger partial charge in [-0.3, -0.25) is 19.9 Å². The van der Waals surface area contributed by atoms with Gasteiger partial charge in [-0.2, -0.15) is 4.98 Å². The molecule has 1 aliphatic carbocycles. The summed E-state index contributed by atoms with van der Waals surface area (Å²) in [5.41, 5.74) is 1.92. The molecule has 3 heterocycles. The highest BCUT2D eigenvalue weighted by molar-refractivity contribution is 7.18. The lowest BCUT2D eigenvalue weighted by atomic mass is 9.97. The van der Waals surface area contributed by atoms with Gasteiger partial charge in [0, 0.05) is 34.5 Å². The molecular weight excluding hydrogens is 416 g/mol. The van der Waals surface area contributed by atoms with Crippen LogP contribution in [0.4, 0.5) is 5.69 Å². The molecule has 1 aliphatic rings. The Balaban J connectivity index is 1.73. The fourth-order valence-electron chi connectivity index (χ4n) is 3.76. The maximum absolute atomic E-state index is 11.5. The summed E-state index contributed by atoms with van der Waals surface area (Å²) in [5, 5.41) is 12.3. The lowest BCUT2D eigenvalue weighted by molar-refractivity contribution is -0.385. The third-order valence-electron chi connectivity index (χ3n) is 5.22. The van der Waals surface area contributed by atoms with Crippen molar-refractivity contribution in [3.8, 4) is 23.0 Å². The summed E-state index contributed by atoms with van der Waals surface area (Å²) in [7, 11) is 0. The van der Waals surface area contributed by atoms with Crippen molar-refractivity contribution in [3.05, 3.63) is 68.8 Å². The van der Waals surface area contributed by atoms with E-state index in [0.29, 0.717) is 12.1 Å². The number of fused-ring (bicyclic) bond motifs is 3. The highest BCUT2D eigenvalue weighted by Crippen LogP contribution is 2.43. The van der Waals surface area contributed by atoms with Gasteiger partial charge in [-0.25, -0.2) is 4.98 Å². The van der Waals surface area contributed by atoms with Crippen LogP contribution in [0.15, 0.2) is 42.7 Å². The summed E-state index contributed by atoms with van der Waals surface area (Å²) >= 11 is 1.61. The predicted molar refractivity (Wildman–Crippen MR) is 116 cm³/mol. The topological polar surface area (TPSA) is 108 Å². The van der Waals surface area contributed by atoms with E-state index >= 15 is 0 Å². The highest BCUT2D eigenvalue weighted by Gasteiger charge is 2.25. The SMILES string of the molecule is O=Cc1ccc([N+](=O)[O-])c(Oc2nc(-c3cccnc3)nc3sc4c(c23)CCCC4)c1. The zero-order chi connectivity index (χ0) is 21.4. The maximum atomic E-state index is 11.5. The Kier molecular flexibility index (Phi) is 4.87. The van der Waals surface area contributed by atoms with E-state index in [1.807, 2.05) is 6.07 Å². The first-order valence-electron chi connectivity index (χ1n) is 9.78. The number of nitro groups is 1. The van der Waals surface area contributed by atoms with Gasteiger partial charge in [0.05, 0.1) is 10.3 Å². The number of aryl methyl sites for hydroxylation is 2. The normalized spacial score (nSPS) is 13.0. The van der Waals surface area contributed by atoms with Crippen molar-refractivity contribution in [2.24, 2.45) is 0 Å². The number of carbonyl (C=O) groups is 1. The Hall–Kier alpha value is -3.72. The Morgan fingerprint density at radius 1 is 1.16 bits per heavy atom. The molecule has 3 aromatic heterocycles. The van der Waals surface area contributed by atoms with E-state index in [9.17, 15) is 14.9 Å². The molecule has 0 bridgehead atoms. The molecule has 154 valence electrons. The van der Waals surface area contributed by atoms with Crippen LogP contribution in [0.5, 0.6) is 11.6 Å². The summed E-state index contributed by atoms with van der Waals surface area (Å²) in [5.74, 6) is 0.667. The van der Waals surface area contributed by atoms with Gasteiger partial charge in [0.25, 0.3) is 0 Å². The van der Waals surface area contributed by atoms with Crippen LogP contribution in [0.1, 0.15) is 33.6 Å². The van der Waals surface area contributed by atoms with E-state index in [1.54, 1.807) is 29.8 Å². The second-order valence-electron chi connectivity index (χ2n) is 7.19. The van der Waals surface area contributed by atoms with Crippen molar-refractivity contribution in [3.63, 3.8) is 0 Å². The lowest BCUT2D eigenvalue weighted by Gasteiger charge is -2.13. The van der Waals surface area contributed by atoms with E-state index in [2.05, 4.69) is 9.97 Å². The highest BCUT2D eigenvalue weighted by atomic mass is 32.1.